The normalized spacial score (nSPS) is 14.4. The summed E-state index contributed by atoms with van der Waals surface area (Å²) >= 11 is 0. The quantitative estimate of drug-likeness (QED) is 0.153. The zero-order valence-electron chi connectivity index (χ0n) is 20.0. The van der Waals surface area contributed by atoms with Gasteiger partial charge < -0.3 is 25.6 Å². The molecule has 0 spiro atoms. The topological polar surface area (TPSA) is 90.8 Å². The molecule has 0 aromatic heterocycles. The monoisotopic (exact) mass is 430 g/mol. The average molecular weight is 431 g/mol. The first-order chi connectivity index (χ1) is 14.6. The van der Waals surface area contributed by atoms with Crippen molar-refractivity contribution in [1.29, 1.82) is 0 Å². The molecule has 0 bridgehead atoms. The Morgan fingerprint density at radius 2 is 1.53 bits per heavy atom. The van der Waals surface area contributed by atoms with Gasteiger partial charge >= 0.3 is 0 Å². The van der Waals surface area contributed by atoms with E-state index in [0.29, 0.717) is 13.1 Å². The summed E-state index contributed by atoms with van der Waals surface area (Å²) in [7, 11) is 0. The zero-order valence-corrected chi connectivity index (χ0v) is 20.0. The van der Waals surface area contributed by atoms with Gasteiger partial charge in [-0.05, 0) is 25.7 Å². The van der Waals surface area contributed by atoms with Crippen LogP contribution in [0.3, 0.4) is 0 Å². The van der Waals surface area contributed by atoms with Gasteiger partial charge in [-0.1, -0.05) is 78.6 Å². The van der Waals surface area contributed by atoms with Crippen molar-refractivity contribution in [3.63, 3.8) is 0 Å². The van der Waals surface area contributed by atoms with Crippen LogP contribution in [-0.4, -0.2) is 54.8 Å². The Hall–Kier alpha value is -0.690. The second-order valence-corrected chi connectivity index (χ2v) is 8.42. The van der Waals surface area contributed by atoms with Crippen LogP contribution in [-0.2, 0) is 9.53 Å². The third-order valence-electron chi connectivity index (χ3n) is 5.55. The molecule has 6 heteroatoms. The SMILES string of the molecule is CCCCCCCCCCC(NC(=O)C(CC)CCCC)OCC(O)CNCCO. The van der Waals surface area contributed by atoms with Gasteiger partial charge in [0.15, 0.2) is 0 Å². The average Bonchev–Trinajstić information content (AvgIpc) is 2.74. The van der Waals surface area contributed by atoms with Crippen LogP contribution in [0.2, 0.25) is 0 Å². The maximum atomic E-state index is 12.7. The van der Waals surface area contributed by atoms with Gasteiger partial charge in [-0.25, -0.2) is 0 Å². The minimum atomic E-state index is -0.656. The second kappa shape index (κ2) is 21.5. The van der Waals surface area contributed by atoms with Crippen LogP contribution in [0.15, 0.2) is 0 Å². The highest BCUT2D eigenvalue weighted by Gasteiger charge is 2.20. The van der Waals surface area contributed by atoms with Gasteiger partial charge in [0.25, 0.3) is 0 Å². The van der Waals surface area contributed by atoms with Crippen molar-refractivity contribution in [3.05, 3.63) is 0 Å². The number of unbranched alkanes of at least 4 members (excludes halogenated alkanes) is 8. The number of carbonyl (C=O) groups excluding carboxylic acids is 1. The Kier molecular flexibility index (Phi) is 21.0. The smallest absolute Gasteiger partial charge is 0.225 e. The molecule has 0 aliphatic rings. The van der Waals surface area contributed by atoms with Gasteiger partial charge in [-0.15, -0.1) is 0 Å². The Balaban J connectivity index is 4.40. The lowest BCUT2D eigenvalue weighted by atomic mass is 9.98. The lowest BCUT2D eigenvalue weighted by molar-refractivity contribution is -0.131. The Morgan fingerprint density at radius 1 is 0.900 bits per heavy atom. The van der Waals surface area contributed by atoms with Crippen LogP contribution in [0.1, 0.15) is 104 Å². The molecule has 0 saturated heterocycles. The van der Waals surface area contributed by atoms with E-state index in [4.69, 9.17) is 9.84 Å². The van der Waals surface area contributed by atoms with E-state index in [1.54, 1.807) is 0 Å². The molecule has 0 aromatic rings. The van der Waals surface area contributed by atoms with Crippen molar-refractivity contribution in [1.82, 2.24) is 10.6 Å². The molecule has 0 saturated carbocycles. The lowest BCUT2D eigenvalue weighted by Crippen LogP contribution is -2.42. The van der Waals surface area contributed by atoms with E-state index in [2.05, 4.69) is 31.4 Å². The van der Waals surface area contributed by atoms with E-state index in [9.17, 15) is 9.90 Å². The molecule has 30 heavy (non-hydrogen) atoms. The van der Waals surface area contributed by atoms with Gasteiger partial charge in [0.05, 0.1) is 19.3 Å². The number of aliphatic hydroxyl groups excluding tert-OH is 2. The highest BCUT2D eigenvalue weighted by atomic mass is 16.5. The maximum absolute atomic E-state index is 12.7. The fourth-order valence-corrected chi connectivity index (χ4v) is 3.54. The molecule has 1 amide bonds. The van der Waals surface area contributed by atoms with E-state index in [1.807, 2.05) is 0 Å². The number of amides is 1. The van der Waals surface area contributed by atoms with Crippen molar-refractivity contribution in [2.24, 2.45) is 5.92 Å². The molecule has 6 nitrogen and oxygen atoms in total. The van der Waals surface area contributed by atoms with Gasteiger partial charge in [0, 0.05) is 19.0 Å². The third-order valence-corrected chi connectivity index (χ3v) is 5.55. The van der Waals surface area contributed by atoms with E-state index in [-0.39, 0.29) is 31.3 Å². The molecule has 0 radical (unpaired) electrons. The fourth-order valence-electron chi connectivity index (χ4n) is 3.54. The molecule has 3 atom stereocenters. The molecular weight excluding hydrogens is 380 g/mol. The summed E-state index contributed by atoms with van der Waals surface area (Å²) in [6, 6.07) is 0. The molecule has 3 unspecified atom stereocenters. The predicted molar refractivity (Wildman–Crippen MR) is 124 cm³/mol. The van der Waals surface area contributed by atoms with Gasteiger partial charge in [0.1, 0.15) is 6.23 Å². The van der Waals surface area contributed by atoms with E-state index in [1.165, 1.54) is 38.5 Å². The Bertz CT molecular complexity index is 382. The second-order valence-electron chi connectivity index (χ2n) is 8.42. The first-order valence-electron chi connectivity index (χ1n) is 12.5. The Morgan fingerprint density at radius 3 is 2.13 bits per heavy atom. The summed E-state index contributed by atoms with van der Waals surface area (Å²) in [6.45, 7) is 7.47. The number of hydrogen-bond acceptors (Lipinski definition) is 5. The van der Waals surface area contributed by atoms with Crippen molar-refractivity contribution in [2.75, 3.05) is 26.3 Å². The van der Waals surface area contributed by atoms with Crippen LogP contribution in [0, 0.1) is 5.92 Å². The molecule has 0 aliphatic heterocycles. The number of aliphatic hydroxyl groups is 2. The summed E-state index contributed by atoms with van der Waals surface area (Å²) in [6.07, 6.45) is 13.6. The number of hydrogen-bond donors (Lipinski definition) is 4. The molecule has 180 valence electrons. The summed E-state index contributed by atoms with van der Waals surface area (Å²) < 4.78 is 5.88. The molecule has 0 fully saturated rings. The molecule has 0 rings (SSSR count). The fraction of sp³-hybridized carbons (Fsp3) is 0.958. The minimum Gasteiger partial charge on any atom is -0.395 e. The largest absolute Gasteiger partial charge is 0.395 e. The van der Waals surface area contributed by atoms with Crippen LogP contribution in [0.5, 0.6) is 0 Å². The highest BCUT2D eigenvalue weighted by Crippen LogP contribution is 2.15. The maximum Gasteiger partial charge on any atom is 0.225 e. The van der Waals surface area contributed by atoms with Crippen molar-refractivity contribution >= 4 is 5.91 Å². The lowest BCUT2D eigenvalue weighted by Gasteiger charge is -2.24. The third kappa shape index (κ3) is 17.0. The number of carbonyl (C=O) groups is 1. The van der Waals surface area contributed by atoms with Gasteiger partial charge in [0.2, 0.25) is 5.91 Å². The molecule has 0 heterocycles. The van der Waals surface area contributed by atoms with Crippen molar-refractivity contribution in [2.45, 2.75) is 117 Å². The molecule has 0 aliphatic carbocycles. The summed E-state index contributed by atoms with van der Waals surface area (Å²) in [4.78, 5) is 12.7. The first kappa shape index (κ1) is 29.3. The minimum absolute atomic E-state index is 0.0331. The van der Waals surface area contributed by atoms with E-state index < -0.39 is 6.10 Å². The van der Waals surface area contributed by atoms with Gasteiger partial charge in [-0.3, -0.25) is 4.79 Å². The summed E-state index contributed by atoms with van der Waals surface area (Å²) in [5, 5.41) is 24.9. The number of rotatable bonds is 22. The van der Waals surface area contributed by atoms with Crippen LogP contribution >= 0.6 is 0 Å². The summed E-state index contributed by atoms with van der Waals surface area (Å²) in [5.41, 5.74) is 0. The summed E-state index contributed by atoms with van der Waals surface area (Å²) in [5.74, 6) is 0.106. The first-order valence-corrected chi connectivity index (χ1v) is 12.5. The number of nitrogens with one attached hydrogen (secondary N) is 2. The van der Waals surface area contributed by atoms with Crippen LogP contribution in [0.25, 0.3) is 0 Å². The molecular formula is C24H50N2O4. The standard InChI is InChI=1S/C24H50N2O4/c1-4-7-9-10-11-12-13-14-16-23(30-20-22(28)19-25-17-18-27)26-24(29)21(6-3)15-8-5-2/h21-23,25,27-28H,4-20H2,1-3H3,(H,26,29). The number of ether oxygens (including phenoxy) is 1. The molecule has 0 aromatic carbocycles. The van der Waals surface area contributed by atoms with Gasteiger partial charge in [-0.2, -0.15) is 0 Å². The Labute approximate surface area is 185 Å². The predicted octanol–water partition coefficient (Wildman–Crippen LogP) is 4.14. The van der Waals surface area contributed by atoms with Crippen LogP contribution in [0.4, 0.5) is 0 Å². The van der Waals surface area contributed by atoms with Crippen molar-refractivity contribution < 1.29 is 19.7 Å². The van der Waals surface area contributed by atoms with E-state index >= 15 is 0 Å². The molecule has 4 N–H and O–H groups in total. The zero-order chi connectivity index (χ0) is 22.5. The van der Waals surface area contributed by atoms with Crippen LogP contribution < -0.4 is 10.6 Å². The highest BCUT2D eigenvalue weighted by molar-refractivity contribution is 5.78. The van der Waals surface area contributed by atoms with E-state index in [0.717, 1.165) is 44.9 Å². The van der Waals surface area contributed by atoms with Crippen molar-refractivity contribution in [3.8, 4) is 0 Å².